The number of rotatable bonds is 5. The van der Waals surface area contributed by atoms with Gasteiger partial charge in [-0.1, -0.05) is 6.58 Å². The summed E-state index contributed by atoms with van der Waals surface area (Å²) in [5.74, 6) is -3.91. The summed E-state index contributed by atoms with van der Waals surface area (Å²) in [4.78, 5) is 32.3. The number of amides is 1. The third-order valence-electron chi connectivity index (χ3n) is 1.62. The largest absolute Gasteiger partial charge is 2.00 e. The molecule has 0 saturated carbocycles. The Morgan fingerprint density at radius 2 is 1.87 bits per heavy atom. The molecule has 0 aromatic rings. The molecule has 0 aromatic carbocycles. The summed E-state index contributed by atoms with van der Waals surface area (Å²) in [6.07, 6.45) is 0.0730. The summed E-state index contributed by atoms with van der Waals surface area (Å²) >= 11 is 0. The average molecular weight is 239 g/mol. The van der Waals surface area contributed by atoms with Gasteiger partial charge in [0.05, 0.1) is 12.0 Å². The standard InChI is InChI=1S/C8H11NO5.Ca/c1-3-6(10)9(2)5(8(13)14)4-7(11)12;/h3,5H,1,4H2,2H3,(H,11,12)(H,13,14);/q;+2/p-2/t5-;/m1./s1. The number of hydrogen-bond acceptors (Lipinski definition) is 5. The number of carboxylic acids is 2. The summed E-state index contributed by atoms with van der Waals surface area (Å²) in [5.41, 5.74) is 0. The summed E-state index contributed by atoms with van der Waals surface area (Å²) in [5, 5.41) is 20.6. The maximum absolute atomic E-state index is 10.9. The first-order chi connectivity index (χ1) is 6.40. The van der Waals surface area contributed by atoms with E-state index in [0.29, 0.717) is 0 Å². The maximum atomic E-state index is 10.9. The normalized spacial score (nSPS) is 10.7. The zero-order valence-corrected chi connectivity index (χ0v) is 10.5. The van der Waals surface area contributed by atoms with Crippen molar-refractivity contribution in [2.45, 2.75) is 12.5 Å². The SMILES string of the molecule is C=CC(=O)N(C)[C@H](CC(=O)[O-])C(=O)[O-].[Ca+2]. The Morgan fingerprint density at radius 1 is 1.40 bits per heavy atom. The monoisotopic (exact) mass is 239 g/mol. The average Bonchev–Trinajstić information content (AvgIpc) is 2.11. The van der Waals surface area contributed by atoms with Crippen molar-refractivity contribution in [2.24, 2.45) is 0 Å². The Bertz CT molecular complexity index is 278. The Morgan fingerprint density at radius 3 is 2.13 bits per heavy atom. The fourth-order valence-corrected chi connectivity index (χ4v) is 0.834. The van der Waals surface area contributed by atoms with Gasteiger partial charge in [0, 0.05) is 19.4 Å². The molecule has 0 aromatic heterocycles. The van der Waals surface area contributed by atoms with Crippen LogP contribution < -0.4 is 10.2 Å². The van der Waals surface area contributed by atoms with Gasteiger partial charge in [0.1, 0.15) is 0 Å². The van der Waals surface area contributed by atoms with Gasteiger partial charge in [0.25, 0.3) is 0 Å². The van der Waals surface area contributed by atoms with Gasteiger partial charge in [-0.2, -0.15) is 0 Å². The fourth-order valence-electron chi connectivity index (χ4n) is 0.834. The predicted molar refractivity (Wildman–Crippen MR) is 47.1 cm³/mol. The number of carbonyl (C=O) groups excluding carboxylic acids is 3. The number of nitrogens with zero attached hydrogens (tertiary/aromatic N) is 1. The van der Waals surface area contributed by atoms with Gasteiger partial charge in [-0.3, -0.25) is 4.79 Å². The van der Waals surface area contributed by atoms with Crippen LogP contribution in [0.4, 0.5) is 0 Å². The third kappa shape index (κ3) is 5.76. The van der Waals surface area contributed by atoms with Gasteiger partial charge in [0.2, 0.25) is 5.91 Å². The molecule has 0 aliphatic rings. The van der Waals surface area contributed by atoms with Crippen molar-refractivity contribution in [1.29, 1.82) is 0 Å². The van der Waals surface area contributed by atoms with Crippen molar-refractivity contribution in [1.82, 2.24) is 4.90 Å². The van der Waals surface area contributed by atoms with Gasteiger partial charge >= 0.3 is 37.7 Å². The van der Waals surface area contributed by atoms with Crippen LogP contribution in [0, 0.1) is 0 Å². The Labute approximate surface area is 117 Å². The van der Waals surface area contributed by atoms with E-state index in [0.717, 1.165) is 18.0 Å². The van der Waals surface area contributed by atoms with Gasteiger partial charge in [-0.15, -0.1) is 0 Å². The smallest absolute Gasteiger partial charge is 0.550 e. The van der Waals surface area contributed by atoms with Gasteiger partial charge in [0.15, 0.2) is 0 Å². The molecule has 1 amide bonds. The number of likely N-dealkylation sites (N-methyl/N-ethyl adjacent to an activating group) is 1. The summed E-state index contributed by atoms with van der Waals surface area (Å²) in [7, 11) is 1.15. The second kappa shape index (κ2) is 7.67. The summed E-state index contributed by atoms with van der Waals surface area (Å²) in [6.45, 7) is 3.13. The van der Waals surface area contributed by atoms with E-state index in [2.05, 4.69) is 6.58 Å². The molecule has 0 heterocycles. The Kier molecular flexibility index (Phi) is 8.60. The maximum Gasteiger partial charge on any atom is 2.00 e. The van der Waals surface area contributed by atoms with Crippen LogP contribution in [0.25, 0.3) is 0 Å². The number of carbonyl (C=O) groups is 3. The molecule has 15 heavy (non-hydrogen) atoms. The minimum Gasteiger partial charge on any atom is -0.550 e. The van der Waals surface area contributed by atoms with Crippen LogP contribution >= 0.6 is 0 Å². The van der Waals surface area contributed by atoms with Crippen molar-refractivity contribution in [3.8, 4) is 0 Å². The molecule has 0 aliphatic carbocycles. The van der Waals surface area contributed by atoms with E-state index < -0.39 is 30.3 Å². The molecule has 0 spiro atoms. The van der Waals surface area contributed by atoms with Crippen molar-refractivity contribution in [3.63, 3.8) is 0 Å². The number of hydrogen-bond donors (Lipinski definition) is 0. The second-order valence-corrected chi connectivity index (χ2v) is 2.56. The van der Waals surface area contributed by atoms with Crippen molar-refractivity contribution >= 4 is 55.6 Å². The molecule has 78 valence electrons. The molecule has 7 heteroatoms. The summed E-state index contributed by atoms with van der Waals surface area (Å²) < 4.78 is 0. The van der Waals surface area contributed by atoms with Crippen LogP contribution in [-0.2, 0) is 14.4 Å². The molecular weight excluding hydrogens is 230 g/mol. The topological polar surface area (TPSA) is 101 Å². The van der Waals surface area contributed by atoms with Crippen molar-refractivity contribution in [2.75, 3.05) is 7.05 Å². The van der Waals surface area contributed by atoms with E-state index in [4.69, 9.17) is 0 Å². The van der Waals surface area contributed by atoms with Gasteiger partial charge in [-0.25, -0.2) is 0 Å². The van der Waals surface area contributed by atoms with E-state index in [1.54, 1.807) is 0 Å². The molecular formula is C8H9CaNO5. The molecule has 0 aliphatic heterocycles. The quantitative estimate of drug-likeness (QED) is 0.366. The minimum atomic E-state index is -1.65. The minimum absolute atomic E-state index is 0. The molecule has 6 nitrogen and oxygen atoms in total. The molecule has 0 unspecified atom stereocenters. The first-order valence-electron chi connectivity index (χ1n) is 3.70. The molecule has 0 rings (SSSR count). The predicted octanol–water partition coefficient (Wildman–Crippen LogP) is -3.49. The number of aliphatic carboxylic acids is 2. The fraction of sp³-hybridized carbons (Fsp3) is 0.375. The molecule has 0 radical (unpaired) electrons. The third-order valence-corrected chi connectivity index (χ3v) is 1.62. The van der Waals surface area contributed by atoms with Crippen molar-refractivity contribution in [3.05, 3.63) is 12.7 Å². The van der Waals surface area contributed by atoms with Crippen LogP contribution in [0.2, 0.25) is 0 Å². The molecule has 0 fully saturated rings. The van der Waals surface area contributed by atoms with Crippen LogP contribution in [0.5, 0.6) is 0 Å². The van der Waals surface area contributed by atoms with Crippen LogP contribution in [0.3, 0.4) is 0 Å². The molecule has 0 saturated heterocycles. The number of carboxylic acid groups (broad SMARTS) is 2. The Hall–Kier alpha value is -0.590. The van der Waals surface area contributed by atoms with E-state index in [9.17, 15) is 24.6 Å². The zero-order valence-electron chi connectivity index (χ0n) is 8.26. The zero-order chi connectivity index (χ0) is 11.3. The Balaban J connectivity index is 0. The summed E-state index contributed by atoms with van der Waals surface area (Å²) in [6, 6.07) is -1.54. The van der Waals surface area contributed by atoms with Crippen LogP contribution in [0.1, 0.15) is 6.42 Å². The molecule has 1 atom stereocenters. The van der Waals surface area contributed by atoms with E-state index >= 15 is 0 Å². The van der Waals surface area contributed by atoms with Crippen LogP contribution in [-0.4, -0.2) is 73.6 Å². The second-order valence-electron chi connectivity index (χ2n) is 2.56. The first kappa shape index (κ1) is 16.8. The molecule has 0 N–H and O–H groups in total. The van der Waals surface area contributed by atoms with E-state index in [1.807, 2.05) is 0 Å². The van der Waals surface area contributed by atoms with E-state index in [1.165, 1.54) is 0 Å². The van der Waals surface area contributed by atoms with E-state index in [-0.39, 0.29) is 37.7 Å². The van der Waals surface area contributed by atoms with Gasteiger partial charge in [-0.05, 0) is 6.08 Å². The first-order valence-corrected chi connectivity index (χ1v) is 3.70. The van der Waals surface area contributed by atoms with Crippen LogP contribution in [0.15, 0.2) is 12.7 Å². The molecule has 0 bridgehead atoms. The van der Waals surface area contributed by atoms with Gasteiger partial charge < -0.3 is 24.7 Å². The van der Waals surface area contributed by atoms with Crippen molar-refractivity contribution < 1.29 is 24.6 Å².